The minimum Gasteiger partial charge on any atom is -0.492 e. The monoisotopic (exact) mass is 357 g/mol. The molecule has 2 aromatic heterocycles. The number of nitrogens with zero attached hydrogens (tertiary/aromatic N) is 1. The second-order valence-electron chi connectivity index (χ2n) is 6.64. The molecular formula is C20H20ClNOS. The molecule has 24 heavy (non-hydrogen) atoms. The summed E-state index contributed by atoms with van der Waals surface area (Å²) in [4.78, 5) is 5.76. The van der Waals surface area contributed by atoms with Crippen LogP contribution in [-0.2, 0) is 0 Å². The summed E-state index contributed by atoms with van der Waals surface area (Å²) in [6.07, 6.45) is 5.77. The lowest BCUT2D eigenvalue weighted by Gasteiger charge is -2.26. The molecule has 0 saturated heterocycles. The lowest BCUT2D eigenvalue weighted by molar-refractivity contribution is 0.180. The van der Waals surface area contributed by atoms with Crippen LogP contribution < -0.4 is 4.74 Å². The van der Waals surface area contributed by atoms with Gasteiger partial charge in [-0.05, 0) is 62.4 Å². The summed E-state index contributed by atoms with van der Waals surface area (Å²) in [6, 6.07) is 8.21. The Labute approximate surface area is 151 Å². The van der Waals surface area contributed by atoms with Crippen molar-refractivity contribution in [2.45, 2.75) is 33.1 Å². The molecular weight excluding hydrogens is 338 g/mol. The largest absolute Gasteiger partial charge is 0.492 e. The summed E-state index contributed by atoms with van der Waals surface area (Å²) in [7, 11) is 0. The third-order valence-electron chi connectivity index (χ3n) is 4.75. The molecule has 0 spiro atoms. The van der Waals surface area contributed by atoms with Crippen LogP contribution in [0.4, 0.5) is 0 Å². The highest BCUT2D eigenvalue weighted by Crippen LogP contribution is 2.41. The molecule has 4 rings (SSSR count). The molecule has 3 aromatic rings. The number of aryl methyl sites for hydroxylation is 2. The topological polar surface area (TPSA) is 22.1 Å². The average molecular weight is 358 g/mol. The molecule has 1 aliphatic carbocycles. The van der Waals surface area contributed by atoms with Crippen molar-refractivity contribution < 1.29 is 4.74 Å². The number of halogens is 1. The molecule has 0 N–H and O–H groups in total. The number of benzene rings is 1. The Hall–Kier alpha value is -1.58. The minimum atomic E-state index is 0.703. The van der Waals surface area contributed by atoms with Gasteiger partial charge in [0.05, 0.1) is 16.8 Å². The van der Waals surface area contributed by atoms with Crippen molar-refractivity contribution in [1.29, 1.82) is 0 Å². The Morgan fingerprint density at radius 3 is 2.79 bits per heavy atom. The molecule has 1 aromatic carbocycles. The number of rotatable bonds is 4. The Kier molecular flexibility index (Phi) is 4.23. The first-order valence-electron chi connectivity index (χ1n) is 8.40. The first kappa shape index (κ1) is 15.9. The molecule has 124 valence electrons. The van der Waals surface area contributed by atoms with E-state index in [0.29, 0.717) is 5.92 Å². The zero-order valence-corrected chi connectivity index (χ0v) is 15.5. The first-order chi connectivity index (χ1) is 11.6. The number of pyridine rings is 1. The second kappa shape index (κ2) is 6.38. The van der Waals surface area contributed by atoms with Gasteiger partial charge in [-0.15, -0.1) is 11.3 Å². The molecule has 4 heteroatoms. The van der Waals surface area contributed by atoms with Gasteiger partial charge in [0.1, 0.15) is 5.75 Å². The molecule has 0 unspecified atom stereocenters. The smallest absolute Gasteiger partial charge is 0.130 e. The molecule has 0 radical (unpaired) electrons. The maximum atomic E-state index is 6.36. The quantitative estimate of drug-likeness (QED) is 0.538. The summed E-state index contributed by atoms with van der Waals surface area (Å²) in [5, 5.41) is 0.747. The van der Waals surface area contributed by atoms with Gasteiger partial charge in [0.2, 0.25) is 0 Å². The van der Waals surface area contributed by atoms with E-state index >= 15 is 0 Å². The summed E-state index contributed by atoms with van der Waals surface area (Å²) < 4.78 is 7.46. The maximum Gasteiger partial charge on any atom is 0.130 e. The lowest BCUT2D eigenvalue weighted by Crippen LogP contribution is -2.19. The number of hydrogen-bond donors (Lipinski definition) is 0. The van der Waals surface area contributed by atoms with Gasteiger partial charge in [0.15, 0.2) is 0 Å². The van der Waals surface area contributed by atoms with E-state index in [4.69, 9.17) is 16.3 Å². The Bertz CT molecular complexity index is 898. The van der Waals surface area contributed by atoms with Crippen molar-refractivity contribution in [2.75, 3.05) is 6.61 Å². The summed E-state index contributed by atoms with van der Waals surface area (Å²) in [5.41, 5.74) is 4.37. The van der Waals surface area contributed by atoms with E-state index in [9.17, 15) is 0 Å². The van der Waals surface area contributed by atoms with E-state index in [-0.39, 0.29) is 0 Å². The van der Waals surface area contributed by atoms with Gasteiger partial charge < -0.3 is 4.74 Å². The number of ether oxygens (including phenoxy) is 1. The van der Waals surface area contributed by atoms with E-state index in [0.717, 1.165) is 39.6 Å². The molecule has 0 amide bonds. The number of hydrogen-bond acceptors (Lipinski definition) is 3. The van der Waals surface area contributed by atoms with E-state index < -0.39 is 0 Å². The van der Waals surface area contributed by atoms with Crippen molar-refractivity contribution in [3.05, 3.63) is 45.9 Å². The highest BCUT2D eigenvalue weighted by atomic mass is 35.5. The second-order valence-corrected chi connectivity index (χ2v) is 8.33. The fraction of sp³-hybridized carbons (Fsp3) is 0.350. The van der Waals surface area contributed by atoms with Crippen LogP contribution in [0.3, 0.4) is 0 Å². The summed E-state index contributed by atoms with van der Waals surface area (Å²) in [5.74, 6) is 1.67. The summed E-state index contributed by atoms with van der Waals surface area (Å²) in [6.45, 7) is 4.99. The van der Waals surface area contributed by atoms with Crippen LogP contribution in [0.25, 0.3) is 21.3 Å². The first-order valence-corrected chi connectivity index (χ1v) is 9.60. The lowest BCUT2D eigenvalue weighted by atomic mass is 9.86. The van der Waals surface area contributed by atoms with Crippen molar-refractivity contribution in [3.8, 4) is 16.9 Å². The fourth-order valence-electron chi connectivity index (χ4n) is 3.25. The van der Waals surface area contributed by atoms with Crippen LogP contribution in [0.1, 0.15) is 29.7 Å². The van der Waals surface area contributed by atoms with Crippen LogP contribution in [0.15, 0.2) is 30.5 Å². The van der Waals surface area contributed by atoms with E-state index in [2.05, 4.69) is 31.0 Å². The fourth-order valence-corrected chi connectivity index (χ4v) is 4.52. The zero-order valence-electron chi connectivity index (χ0n) is 13.9. The molecule has 0 atom stereocenters. The van der Waals surface area contributed by atoms with Gasteiger partial charge in [-0.2, -0.15) is 0 Å². The van der Waals surface area contributed by atoms with Gasteiger partial charge in [-0.25, -0.2) is 0 Å². The van der Waals surface area contributed by atoms with Crippen molar-refractivity contribution >= 4 is 33.2 Å². The number of thiophene rings is 1. The predicted molar refractivity (Wildman–Crippen MR) is 102 cm³/mol. The molecule has 1 fully saturated rings. The van der Waals surface area contributed by atoms with Crippen molar-refractivity contribution in [3.63, 3.8) is 0 Å². The molecule has 2 nitrogen and oxygen atoms in total. The highest BCUT2D eigenvalue weighted by Gasteiger charge is 2.20. The van der Waals surface area contributed by atoms with Crippen molar-refractivity contribution in [2.24, 2.45) is 5.92 Å². The SMILES string of the molecule is Cc1cc2nccc(-c3cc(Cl)cc(C)c3OCC3CCC3)c2s1. The van der Waals surface area contributed by atoms with Crippen LogP contribution in [0, 0.1) is 19.8 Å². The Balaban J connectivity index is 1.82. The molecule has 0 aliphatic heterocycles. The highest BCUT2D eigenvalue weighted by molar-refractivity contribution is 7.19. The average Bonchev–Trinajstić information content (AvgIpc) is 2.87. The van der Waals surface area contributed by atoms with Crippen LogP contribution in [0.2, 0.25) is 5.02 Å². The minimum absolute atomic E-state index is 0.703. The van der Waals surface area contributed by atoms with Crippen molar-refractivity contribution in [1.82, 2.24) is 4.98 Å². The van der Waals surface area contributed by atoms with Crippen LogP contribution in [-0.4, -0.2) is 11.6 Å². The molecule has 1 saturated carbocycles. The van der Waals surface area contributed by atoms with Gasteiger partial charge >= 0.3 is 0 Å². The maximum absolute atomic E-state index is 6.36. The number of fused-ring (bicyclic) bond motifs is 1. The third kappa shape index (κ3) is 2.91. The number of aromatic nitrogens is 1. The normalized spacial score (nSPS) is 14.8. The van der Waals surface area contributed by atoms with Crippen LogP contribution >= 0.6 is 22.9 Å². The van der Waals surface area contributed by atoms with Gasteiger partial charge in [0, 0.05) is 27.2 Å². The van der Waals surface area contributed by atoms with Gasteiger partial charge in [-0.3, -0.25) is 4.98 Å². The van der Waals surface area contributed by atoms with E-state index in [1.807, 2.05) is 18.3 Å². The molecule has 2 heterocycles. The zero-order chi connectivity index (χ0) is 16.7. The van der Waals surface area contributed by atoms with Gasteiger partial charge in [0.25, 0.3) is 0 Å². The third-order valence-corrected chi connectivity index (χ3v) is 6.04. The van der Waals surface area contributed by atoms with E-state index in [1.165, 1.54) is 28.8 Å². The Morgan fingerprint density at radius 2 is 2.04 bits per heavy atom. The predicted octanol–water partition coefficient (Wildman–Crippen LogP) is 6.41. The standard InChI is InChI=1S/C20H20ClNOS/c1-12-8-15(21)10-17(19(12)23-11-14-4-3-5-14)16-6-7-22-18-9-13(2)24-20(16)18/h6-10,14H,3-5,11H2,1-2H3. The molecule has 0 bridgehead atoms. The van der Waals surface area contributed by atoms with Gasteiger partial charge in [-0.1, -0.05) is 18.0 Å². The van der Waals surface area contributed by atoms with Crippen LogP contribution in [0.5, 0.6) is 5.75 Å². The Morgan fingerprint density at radius 1 is 1.21 bits per heavy atom. The molecule has 1 aliphatic rings. The van der Waals surface area contributed by atoms with E-state index in [1.54, 1.807) is 11.3 Å². The summed E-state index contributed by atoms with van der Waals surface area (Å²) >= 11 is 8.13.